The summed E-state index contributed by atoms with van der Waals surface area (Å²) < 4.78 is 1.22. The molecule has 18 heavy (non-hydrogen) atoms. The summed E-state index contributed by atoms with van der Waals surface area (Å²) in [5, 5.41) is 0. The molecule has 2 N–H and O–H groups in total. The highest BCUT2D eigenvalue weighted by Crippen LogP contribution is 2.44. The van der Waals surface area contributed by atoms with Crippen molar-refractivity contribution in [3.63, 3.8) is 0 Å². The Kier molecular flexibility index (Phi) is 5.09. The minimum atomic E-state index is 0.226. The van der Waals surface area contributed by atoms with E-state index < -0.39 is 0 Å². The highest BCUT2D eigenvalue weighted by atomic mass is 79.9. The van der Waals surface area contributed by atoms with Crippen LogP contribution >= 0.6 is 39.5 Å². The standard InChI is InChI=1S/C14H20BrNS2/c1-17-12-8-10(7-11(15)13(12)18-2)14(9-16)5-3-4-6-14/h7-8H,3-6,9,16H2,1-2H3. The van der Waals surface area contributed by atoms with Gasteiger partial charge in [0.25, 0.3) is 0 Å². The number of nitrogens with two attached hydrogens (primary N) is 1. The van der Waals surface area contributed by atoms with Crippen molar-refractivity contribution in [3.8, 4) is 0 Å². The SMILES string of the molecule is CSc1cc(C2(CN)CCCC2)cc(Br)c1SC. The fraction of sp³-hybridized carbons (Fsp3) is 0.571. The van der Waals surface area contributed by atoms with Crippen molar-refractivity contribution < 1.29 is 0 Å². The zero-order chi connectivity index (χ0) is 13.2. The molecule has 0 bridgehead atoms. The highest BCUT2D eigenvalue weighted by Gasteiger charge is 2.35. The van der Waals surface area contributed by atoms with Crippen molar-refractivity contribution in [3.05, 3.63) is 22.2 Å². The van der Waals surface area contributed by atoms with Crippen molar-refractivity contribution >= 4 is 39.5 Å². The molecule has 0 atom stereocenters. The number of benzene rings is 1. The molecular weight excluding hydrogens is 326 g/mol. The zero-order valence-corrected chi connectivity index (χ0v) is 14.2. The first kappa shape index (κ1) is 14.8. The fourth-order valence-electron chi connectivity index (χ4n) is 2.89. The first-order valence-corrected chi connectivity index (χ1v) is 9.53. The summed E-state index contributed by atoms with van der Waals surface area (Å²) >= 11 is 7.35. The monoisotopic (exact) mass is 345 g/mol. The van der Waals surface area contributed by atoms with Gasteiger partial charge in [-0.3, -0.25) is 0 Å². The van der Waals surface area contributed by atoms with Crippen molar-refractivity contribution in [2.24, 2.45) is 5.73 Å². The maximum Gasteiger partial charge on any atom is 0.0348 e. The summed E-state index contributed by atoms with van der Waals surface area (Å²) in [5.41, 5.74) is 7.74. The van der Waals surface area contributed by atoms with Gasteiger partial charge in [-0.25, -0.2) is 0 Å². The summed E-state index contributed by atoms with van der Waals surface area (Å²) in [6.07, 6.45) is 9.38. The molecule has 1 aromatic carbocycles. The molecule has 1 aromatic rings. The van der Waals surface area contributed by atoms with Gasteiger partial charge in [0.1, 0.15) is 0 Å². The largest absolute Gasteiger partial charge is 0.330 e. The molecule has 100 valence electrons. The molecule has 1 fully saturated rings. The molecular formula is C14H20BrNS2. The smallest absolute Gasteiger partial charge is 0.0348 e. The van der Waals surface area contributed by atoms with Crippen LogP contribution in [0.15, 0.2) is 26.4 Å². The van der Waals surface area contributed by atoms with Gasteiger partial charge in [0.15, 0.2) is 0 Å². The summed E-state index contributed by atoms with van der Waals surface area (Å²) in [7, 11) is 0. The molecule has 1 saturated carbocycles. The maximum atomic E-state index is 6.09. The van der Waals surface area contributed by atoms with Gasteiger partial charge < -0.3 is 5.73 Å². The van der Waals surface area contributed by atoms with Crippen LogP contribution in [-0.2, 0) is 5.41 Å². The molecule has 4 heteroatoms. The Balaban J connectivity index is 2.48. The van der Waals surface area contributed by atoms with Gasteiger partial charge in [-0.1, -0.05) is 12.8 Å². The van der Waals surface area contributed by atoms with Crippen LogP contribution in [0.3, 0.4) is 0 Å². The Morgan fingerprint density at radius 2 is 1.89 bits per heavy atom. The van der Waals surface area contributed by atoms with E-state index in [1.165, 1.54) is 45.5 Å². The molecule has 2 rings (SSSR count). The summed E-state index contributed by atoms with van der Waals surface area (Å²) in [6.45, 7) is 0.770. The van der Waals surface area contributed by atoms with Gasteiger partial charge in [-0.05, 0) is 59.0 Å². The van der Waals surface area contributed by atoms with Crippen LogP contribution < -0.4 is 5.73 Å². The quantitative estimate of drug-likeness (QED) is 0.803. The van der Waals surface area contributed by atoms with Gasteiger partial charge in [0.2, 0.25) is 0 Å². The molecule has 0 heterocycles. The molecule has 0 amide bonds. The third-order valence-electron chi connectivity index (χ3n) is 4.00. The molecule has 1 aliphatic rings. The Bertz CT molecular complexity index is 428. The van der Waals surface area contributed by atoms with Crippen LogP contribution in [0.2, 0.25) is 0 Å². The van der Waals surface area contributed by atoms with E-state index in [0.717, 1.165) is 6.54 Å². The van der Waals surface area contributed by atoms with E-state index in [9.17, 15) is 0 Å². The number of rotatable bonds is 4. The zero-order valence-electron chi connectivity index (χ0n) is 11.0. The average molecular weight is 346 g/mol. The predicted molar refractivity (Wildman–Crippen MR) is 86.9 cm³/mol. The lowest BCUT2D eigenvalue weighted by molar-refractivity contribution is 0.451. The van der Waals surface area contributed by atoms with Crippen LogP contribution in [0.1, 0.15) is 31.2 Å². The minimum absolute atomic E-state index is 0.226. The van der Waals surface area contributed by atoms with Crippen LogP contribution in [0.4, 0.5) is 0 Å². The number of hydrogen-bond acceptors (Lipinski definition) is 3. The van der Waals surface area contributed by atoms with Gasteiger partial charge in [0, 0.05) is 26.2 Å². The molecule has 0 unspecified atom stereocenters. The topological polar surface area (TPSA) is 26.0 Å². The van der Waals surface area contributed by atoms with Crippen LogP contribution in [0.5, 0.6) is 0 Å². The summed E-state index contributed by atoms with van der Waals surface area (Å²) in [6, 6.07) is 4.66. The average Bonchev–Trinajstić information content (AvgIpc) is 2.87. The fourth-order valence-corrected chi connectivity index (χ4v) is 5.52. The van der Waals surface area contributed by atoms with Crippen molar-refractivity contribution in [1.29, 1.82) is 0 Å². The summed E-state index contributed by atoms with van der Waals surface area (Å²) in [4.78, 5) is 2.71. The lowest BCUT2D eigenvalue weighted by atomic mass is 9.79. The Morgan fingerprint density at radius 3 is 2.39 bits per heavy atom. The first-order valence-electron chi connectivity index (χ1n) is 6.29. The second kappa shape index (κ2) is 6.21. The second-order valence-electron chi connectivity index (χ2n) is 4.89. The Labute approximate surface area is 127 Å². The number of hydrogen-bond donors (Lipinski definition) is 1. The molecule has 0 aromatic heterocycles. The Hall–Kier alpha value is 0.360. The number of halogens is 1. The van der Waals surface area contributed by atoms with Gasteiger partial charge in [-0.2, -0.15) is 0 Å². The third kappa shape index (κ3) is 2.62. The van der Waals surface area contributed by atoms with Crippen molar-refractivity contribution in [2.45, 2.75) is 40.9 Å². The van der Waals surface area contributed by atoms with E-state index in [1.807, 2.05) is 11.8 Å². The second-order valence-corrected chi connectivity index (χ2v) is 7.40. The minimum Gasteiger partial charge on any atom is -0.330 e. The summed E-state index contributed by atoms with van der Waals surface area (Å²) in [5.74, 6) is 0. The van der Waals surface area contributed by atoms with E-state index in [1.54, 1.807) is 11.8 Å². The van der Waals surface area contributed by atoms with Crippen LogP contribution in [0.25, 0.3) is 0 Å². The normalized spacial score (nSPS) is 18.2. The molecule has 0 saturated heterocycles. The molecule has 0 radical (unpaired) electrons. The van der Waals surface area contributed by atoms with Crippen LogP contribution in [0, 0.1) is 0 Å². The Morgan fingerprint density at radius 1 is 1.22 bits per heavy atom. The highest BCUT2D eigenvalue weighted by molar-refractivity contribution is 9.10. The van der Waals surface area contributed by atoms with Crippen LogP contribution in [-0.4, -0.2) is 19.1 Å². The molecule has 0 spiro atoms. The van der Waals surface area contributed by atoms with Gasteiger partial charge in [-0.15, -0.1) is 23.5 Å². The molecule has 1 aliphatic carbocycles. The molecule has 1 nitrogen and oxygen atoms in total. The van der Waals surface area contributed by atoms with E-state index in [-0.39, 0.29) is 5.41 Å². The maximum absolute atomic E-state index is 6.09. The van der Waals surface area contributed by atoms with Gasteiger partial charge >= 0.3 is 0 Å². The van der Waals surface area contributed by atoms with Crippen molar-refractivity contribution in [1.82, 2.24) is 0 Å². The molecule has 0 aliphatic heterocycles. The first-order chi connectivity index (χ1) is 8.66. The van der Waals surface area contributed by atoms with E-state index in [0.29, 0.717) is 0 Å². The lowest BCUT2D eigenvalue weighted by Gasteiger charge is -2.29. The predicted octanol–water partition coefficient (Wildman–Crippen LogP) is 4.66. The lowest BCUT2D eigenvalue weighted by Crippen LogP contribution is -2.32. The van der Waals surface area contributed by atoms with E-state index in [2.05, 4.69) is 40.6 Å². The van der Waals surface area contributed by atoms with Gasteiger partial charge in [0.05, 0.1) is 0 Å². The third-order valence-corrected chi connectivity index (χ3v) is 6.62. The van der Waals surface area contributed by atoms with E-state index in [4.69, 9.17) is 5.73 Å². The van der Waals surface area contributed by atoms with E-state index >= 15 is 0 Å². The van der Waals surface area contributed by atoms with Crippen molar-refractivity contribution in [2.75, 3.05) is 19.1 Å². The number of thioether (sulfide) groups is 2.